The van der Waals surface area contributed by atoms with E-state index in [1.807, 2.05) is 0 Å². The van der Waals surface area contributed by atoms with E-state index >= 15 is 0 Å². The number of nitrogens with zero attached hydrogens (tertiary/aromatic N) is 2. The summed E-state index contributed by atoms with van der Waals surface area (Å²) in [6, 6.07) is 0.951. The van der Waals surface area contributed by atoms with Gasteiger partial charge in [-0.25, -0.2) is 14.6 Å². The molecule has 0 bridgehead atoms. The van der Waals surface area contributed by atoms with E-state index in [4.69, 9.17) is 0 Å². The molecule has 0 unspecified atom stereocenters. The Bertz CT molecular complexity index is 358. The zero-order valence-electron chi connectivity index (χ0n) is 7.43. The number of rotatable bonds is 2. The lowest BCUT2D eigenvalue weighted by molar-refractivity contribution is -0.144. The van der Waals surface area contributed by atoms with Crippen molar-refractivity contribution < 1.29 is 9.53 Å². The maximum Gasteiger partial charge on any atom is 0.348 e. The molecule has 0 saturated carbocycles. The summed E-state index contributed by atoms with van der Waals surface area (Å²) in [7, 11) is 1.28. The normalized spacial score (nSPS) is 12.2. The van der Waals surface area contributed by atoms with E-state index in [9.17, 15) is 9.59 Å². The second-order valence-corrected chi connectivity index (χ2v) is 2.51. The quantitative estimate of drug-likeness (QED) is 0.603. The molecule has 5 nitrogen and oxygen atoms in total. The fourth-order valence-corrected chi connectivity index (χ4v) is 0.947. The van der Waals surface area contributed by atoms with E-state index in [0.717, 1.165) is 0 Å². The van der Waals surface area contributed by atoms with Crippen molar-refractivity contribution in [2.24, 2.45) is 0 Å². The molecule has 0 aliphatic rings. The van der Waals surface area contributed by atoms with Crippen LogP contribution in [-0.4, -0.2) is 22.6 Å². The predicted molar refractivity (Wildman–Crippen MR) is 45.2 cm³/mol. The standard InChI is InChI=1S/C8H10N2O3/c1-6(7(11)13-2)10-5-3-4-9-8(10)12/h3-6H,1-2H3/t6-/m1/s1. The van der Waals surface area contributed by atoms with Crippen LogP contribution in [0.25, 0.3) is 0 Å². The Balaban J connectivity index is 3.02. The molecule has 0 fully saturated rings. The number of hydrogen-bond acceptors (Lipinski definition) is 4. The van der Waals surface area contributed by atoms with E-state index in [1.165, 1.54) is 24.1 Å². The topological polar surface area (TPSA) is 61.2 Å². The second-order valence-electron chi connectivity index (χ2n) is 2.51. The Hall–Kier alpha value is -1.65. The van der Waals surface area contributed by atoms with Crippen LogP contribution in [0.4, 0.5) is 0 Å². The third-order valence-corrected chi connectivity index (χ3v) is 1.70. The highest BCUT2D eigenvalue weighted by Gasteiger charge is 2.15. The van der Waals surface area contributed by atoms with Gasteiger partial charge in [0.05, 0.1) is 7.11 Å². The maximum atomic E-state index is 11.1. The van der Waals surface area contributed by atoms with E-state index in [1.54, 1.807) is 13.0 Å². The highest BCUT2D eigenvalue weighted by Crippen LogP contribution is 2.02. The van der Waals surface area contributed by atoms with Crippen LogP contribution >= 0.6 is 0 Å². The monoisotopic (exact) mass is 182 g/mol. The number of hydrogen-bond donors (Lipinski definition) is 0. The average molecular weight is 182 g/mol. The molecule has 5 heteroatoms. The molecule has 0 saturated heterocycles. The Morgan fingerprint density at radius 2 is 2.38 bits per heavy atom. The van der Waals surface area contributed by atoms with Gasteiger partial charge in [0.25, 0.3) is 0 Å². The maximum absolute atomic E-state index is 11.1. The molecule has 1 heterocycles. The smallest absolute Gasteiger partial charge is 0.348 e. The minimum Gasteiger partial charge on any atom is -0.467 e. The Kier molecular flexibility index (Phi) is 2.79. The lowest BCUT2D eigenvalue weighted by atomic mass is 10.3. The van der Waals surface area contributed by atoms with Crippen LogP contribution in [0.1, 0.15) is 13.0 Å². The molecule has 0 N–H and O–H groups in total. The molecular formula is C8H10N2O3. The van der Waals surface area contributed by atoms with Gasteiger partial charge in [-0.3, -0.25) is 4.57 Å². The minimum atomic E-state index is -0.633. The van der Waals surface area contributed by atoms with Gasteiger partial charge in [-0.1, -0.05) is 0 Å². The molecule has 0 spiro atoms. The molecule has 1 aromatic heterocycles. The summed E-state index contributed by atoms with van der Waals surface area (Å²) < 4.78 is 5.71. The van der Waals surface area contributed by atoms with Crippen molar-refractivity contribution >= 4 is 5.97 Å². The van der Waals surface area contributed by atoms with Gasteiger partial charge in [-0.05, 0) is 13.0 Å². The SMILES string of the molecule is COC(=O)[C@@H](C)n1cccnc1=O. The molecule has 0 radical (unpaired) electrons. The number of ether oxygens (including phenoxy) is 1. The third kappa shape index (κ3) is 1.93. The van der Waals surface area contributed by atoms with Crippen molar-refractivity contribution in [2.45, 2.75) is 13.0 Å². The van der Waals surface area contributed by atoms with Gasteiger partial charge in [0.2, 0.25) is 0 Å². The Labute approximate surface area is 75.0 Å². The van der Waals surface area contributed by atoms with Crippen molar-refractivity contribution in [3.05, 3.63) is 28.9 Å². The Morgan fingerprint density at radius 1 is 1.69 bits per heavy atom. The zero-order chi connectivity index (χ0) is 9.84. The van der Waals surface area contributed by atoms with Gasteiger partial charge in [0.15, 0.2) is 0 Å². The molecule has 0 aliphatic carbocycles. The summed E-state index contributed by atoms with van der Waals surface area (Å²) in [6.07, 6.45) is 2.87. The number of carbonyl (C=O) groups is 1. The van der Waals surface area contributed by atoms with Crippen molar-refractivity contribution in [3.63, 3.8) is 0 Å². The molecule has 1 atom stereocenters. The van der Waals surface area contributed by atoms with Crippen LogP contribution in [0.3, 0.4) is 0 Å². The van der Waals surface area contributed by atoms with Gasteiger partial charge in [0, 0.05) is 12.4 Å². The first-order valence-corrected chi connectivity index (χ1v) is 3.78. The van der Waals surface area contributed by atoms with Crippen molar-refractivity contribution in [1.29, 1.82) is 0 Å². The third-order valence-electron chi connectivity index (χ3n) is 1.70. The largest absolute Gasteiger partial charge is 0.467 e. The first kappa shape index (κ1) is 9.44. The van der Waals surface area contributed by atoms with Crippen molar-refractivity contribution in [3.8, 4) is 0 Å². The molecular weight excluding hydrogens is 172 g/mol. The van der Waals surface area contributed by atoms with Gasteiger partial charge in [-0.2, -0.15) is 0 Å². The highest BCUT2D eigenvalue weighted by atomic mass is 16.5. The fourth-order valence-electron chi connectivity index (χ4n) is 0.947. The summed E-state index contributed by atoms with van der Waals surface area (Å²) in [4.78, 5) is 25.7. The molecule has 13 heavy (non-hydrogen) atoms. The predicted octanol–water partition coefficient (Wildman–Crippen LogP) is -0.0227. The molecule has 0 aliphatic heterocycles. The van der Waals surface area contributed by atoms with Crippen molar-refractivity contribution in [1.82, 2.24) is 9.55 Å². The van der Waals surface area contributed by atoms with Gasteiger partial charge in [-0.15, -0.1) is 0 Å². The minimum absolute atomic E-state index is 0.458. The van der Waals surface area contributed by atoms with Crippen LogP contribution in [0.5, 0.6) is 0 Å². The van der Waals surface area contributed by atoms with E-state index in [2.05, 4.69) is 9.72 Å². The summed E-state index contributed by atoms with van der Waals surface area (Å²) >= 11 is 0. The Morgan fingerprint density at radius 3 is 2.92 bits per heavy atom. The first-order valence-electron chi connectivity index (χ1n) is 3.78. The second kappa shape index (κ2) is 3.84. The number of methoxy groups -OCH3 is 1. The molecule has 70 valence electrons. The van der Waals surface area contributed by atoms with Gasteiger partial charge < -0.3 is 4.74 Å². The van der Waals surface area contributed by atoms with E-state index in [0.29, 0.717) is 0 Å². The van der Waals surface area contributed by atoms with Crippen LogP contribution < -0.4 is 5.69 Å². The van der Waals surface area contributed by atoms with Crippen LogP contribution in [-0.2, 0) is 9.53 Å². The summed E-state index contributed by atoms with van der Waals surface area (Å²) in [6.45, 7) is 1.58. The number of esters is 1. The molecule has 1 rings (SSSR count). The number of carbonyl (C=O) groups excluding carboxylic acids is 1. The van der Waals surface area contributed by atoms with Crippen LogP contribution in [0.2, 0.25) is 0 Å². The van der Waals surface area contributed by atoms with Crippen molar-refractivity contribution in [2.75, 3.05) is 7.11 Å². The molecule has 0 amide bonds. The summed E-state index contributed by atoms with van der Waals surface area (Å²) in [5.74, 6) is -0.463. The van der Waals surface area contributed by atoms with E-state index < -0.39 is 17.7 Å². The fraction of sp³-hybridized carbons (Fsp3) is 0.375. The lowest BCUT2D eigenvalue weighted by Gasteiger charge is -2.10. The highest BCUT2D eigenvalue weighted by molar-refractivity contribution is 5.73. The van der Waals surface area contributed by atoms with Gasteiger partial charge >= 0.3 is 11.7 Å². The molecule has 1 aromatic rings. The van der Waals surface area contributed by atoms with Crippen LogP contribution in [0, 0.1) is 0 Å². The van der Waals surface area contributed by atoms with E-state index in [-0.39, 0.29) is 0 Å². The van der Waals surface area contributed by atoms with Crippen LogP contribution in [0.15, 0.2) is 23.3 Å². The van der Waals surface area contributed by atoms with Gasteiger partial charge in [0.1, 0.15) is 6.04 Å². The summed E-state index contributed by atoms with van der Waals surface area (Å²) in [5, 5.41) is 0. The summed E-state index contributed by atoms with van der Waals surface area (Å²) in [5.41, 5.74) is -0.458. The number of aromatic nitrogens is 2. The molecule has 0 aromatic carbocycles. The lowest BCUT2D eigenvalue weighted by Crippen LogP contribution is -2.29. The first-order chi connectivity index (χ1) is 6.16. The zero-order valence-corrected chi connectivity index (χ0v) is 7.43. The average Bonchev–Trinajstić information content (AvgIpc) is 2.16.